The summed E-state index contributed by atoms with van der Waals surface area (Å²) in [5.74, 6) is 0. The molecule has 1 rings (SSSR count). The van der Waals surface area contributed by atoms with E-state index in [1.165, 1.54) is 0 Å². The highest BCUT2D eigenvalue weighted by Gasteiger charge is 2.12. The van der Waals surface area contributed by atoms with Gasteiger partial charge in [-0.2, -0.15) is 0 Å². The predicted molar refractivity (Wildman–Crippen MR) is 68.8 cm³/mol. The zero-order valence-corrected chi connectivity index (χ0v) is 11.7. The summed E-state index contributed by atoms with van der Waals surface area (Å²) in [6.07, 6.45) is 1.61. The number of rotatable bonds is 7. The van der Waals surface area contributed by atoms with Gasteiger partial charge in [0, 0.05) is 10.7 Å². The van der Waals surface area contributed by atoms with Gasteiger partial charge in [-0.1, -0.05) is 0 Å². The Balaban J connectivity index is 2.39. The highest BCUT2D eigenvalue weighted by Crippen LogP contribution is 2.23. The van der Waals surface area contributed by atoms with Crippen molar-refractivity contribution in [2.45, 2.75) is 26.1 Å². The molecule has 17 heavy (non-hydrogen) atoms. The van der Waals surface area contributed by atoms with E-state index in [1.54, 1.807) is 6.20 Å². The number of halogens is 1. The van der Waals surface area contributed by atoms with Crippen molar-refractivity contribution in [1.82, 2.24) is 4.98 Å². The van der Waals surface area contributed by atoms with E-state index in [2.05, 4.69) is 20.9 Å². The summed E-state index contributed by atoms with van der Waals surface area (Å²) in [6, 6.07) is 3.81. The van der Waals surface area contributed by atoms with Crippen molar-refractivity contribution in [2.75, 3.05) is 19.8 Å². The molecule has 1 aromatic heterocycles. The third-order valence-corrected chi connectivity index (χ3v) is 2.92. The van der Waals surface area contributed by atoms with Gasteiger partial charge < -0.3 is 14.6 Å². The SMILES string of the molecule is C[C@H](OC[C@H](C)OCCO)c1ncccc1Br. The van der Waals surface area contributed by atoms with Crippen LogP contribution < -0.4 is 0 Å². The molecule has 4 nitrogen and oxygen atoms in total. The van der Waals surface area contributed by atoms with E-state index in [-0.39, 0.29) is 18.8 Å². The van der Waals surface area contributed by atoms with Crippen LogP contribution in [0.1, 0.15) is 25.6 Å². The summed E-state index contributed by atoms with van der Waals surface area (Å²) in [4.78, 5) is 4.27. The number of pyridine rings is 1. The molecular weight excluding hydrogens is 286 g/mol. The van der Waals surface area contributed by atoms with Crippen molar-refractivity contribution >= 4 is 15.9 Å². The summed E-state index contributed by atoms with van der Waals surface area (Å²) in [5.41, 5.74) is 0.877. The molecule has 1 heterocycles. The Morgan fingerprint density at radius 1 is 1.41 bits per heavy atom. The van der Waals surface area contributed by atoms with Crippen molar-refractivity contribution < 1.29 is 14.6 Å². The Morgan fingerprint density at radius 3 is 2.82 bits per heavy atom. The van der Waals surface area contributed by atoms with Crippen LogP contribution in [0.5, 0.6) is 0 Å². The fourth-order valence-electron chi connectivity index (χ4n) is 1.36. The van der Waals surface area contributed by atoms with Crippen molar-refractivity contribution in [2.24, 2.45) is 0 Å². The molecule has 2 atom stereocenters. The molecule has 1 N–H and O–H groups in total. The smallest absolute Gasteiger partial charge is 0.0979 e. The molecule has 0 aromatic carbocycles. The van der Waals surface area contributed by atoms with E-state index in [4.69, 9.17) is 14.6 Å². The van der Waals surface area contributed by atoms with Gasteiger partial charge in [0.25, 0.3) is 0 Å². The molecule has 0 aliphatic heterocycles. The molecule has 96 valence electrons. The van der Waals surface area contributed by atoms with Crippen molar-refractivity contribution in [3.8, 4) is 0 Å². The van der Waals surface area contributed by atoms with Crippen LogP contribution in [0.25, 0.3) is 0 Å². The maximum Gasteiger partial charge on any atom is 0.0979 e. The summed E-state index contributed by atoms with van der Waals surface area (Å²) in [7, 11) is 0. The lowest BCUT2D eigenvalue weighted by molar-refractivity contribution is -0.0413. The van der Waals surface area contributed by atoms with E-state index in [1.807, 2.05) is 26.0 Å². The zero-order valence-electron chi connectivity index (χ0n) is 10.1. The first-order valence-corrected chi connectivity index (χ1v) is 6.39. The van der Waals surface area contributed by atoms with Crippen molar-refractivity contribution in [3.05, 3.63) is 28.5 Å². The Kier molecular flexibility index (Phi) is 6.65. The summed E-state index contributed by atoms with van der Waals surface area (Å²) < 4.78 is 11.9. The normalized spacial score (nSPS) is 14.6. The maximum atomic E-state index is 8.62. The van der Waals surface area contributed by atoms with Gasteiger partial charge in [0.2, 0.25) is 0 Å². The molecule has 0 aliphatic carbocycles. The zero-order chi connectivity index (χ0) is 12.7. The van der Waals surface area contributed by atoms with E-state index in [0.717, 1.165) is 10.2 Å². The van der Waals surface area contributed by atoms with Crippen LogP contribution >= 0.6 is 15.9 Å². The van der Waals surface area contributed by atoms with Gasteiger partial charge in [-0.25, -0.2) is 0 Å². The third kappa shape index (κ3) is 5.12. The molecular formula is C12H18BrNO3. The molecule has 0 saturated heterocycles. The molecule has 0 aliphatic rings. The van der Waals surface area contributed by atoms with Gasteiger partial charge in [-0.05, 0) is 41.9 Å². The Labute approximate surface area is 110 Å². The van der Waals surface area contributed by atoms with Gasteiger partial charge in [0.05, 0.1) is 37.7 Å². The van der Waals surface area contributed by atoms with Crippen LogP contribution in [0.15, 0.2) is 22.8 Å². The number of aliphatic hydroxyl groups excluding tert-OH is 1. The standard InChI is InChI=1S/C12H18BrNO3/c1-9(16-7-6-15)8-17-10(2)12-11(13)4-3-5-14-12/h3-5,9-10,15H,6-8H2,1-2H3/t9-,10-/m0/s1. The average Bonchev–Trinajstić information content (AvgIpc) is 2.34. The molecule has 0 spiro atoms. The highest BCUT2D eigenvalue weighted by atomic mass is 79.9. The number of ether oxygens (including phenoxy) is 2. The predicted octanol–water partition coefficient (Wildman–Crippen LogP) is 2.32. The summed E-state index contributed by atoms with van der Waals surface area (Å²) in [5, 5.41) is 8.62. The van der Waals surface area contributed by atoms with Gasteiger partial charge in [0.1, 0.15) is 0 Å². The van der Waals surface area contributed by atoms with E-state index in [9.17, 15) is 0 Å². The number of hydrogen-bond donors (Lipinski definition) is 1. The first kappa shape index (κ1) is 14.6. The second kappa shape index (κ2) is 7.76. The minimum atomic E-state index is -0.0919. The minimum Gasteiger partial charge on any atom is -0.394 e. The highest BCUT2D eigenvalue weighted by molar-refractivity contribution is 9.10. The molecule has 0 radical (unpaired) electrons. The van der Waals surface area contributed by atoms with E-state index in [0.29, 0.717) is 13.2 Å². The van der Waals surface area contributed by atoms with Crippen molar-refractivity contribution in [1.29, 1.82) is 0 Å². The topological polar surface area (TPSA) is 51.6 Å². The molecule has 1 aromatic rings. The van der Waals surface area contributed by atoms with Gasteiger partial charge >= 0.3 is 0 Å². The molecule has 5 heteroatoms. The molecule has 0 saturated carbocycles. The average molecular weight is 304 g/mol. The Hall–Kier alpha value is -0.490. The quantitative estimate of drug-likeness (QED) is 0.840. The lowest BCUT2D eigenvalue weighted by Gasteiger charge is -2.17. The minimum absolute atomic E-state index is 0.0334. The van der Waals surface area contributed by atoms with Gasteiger partial charge in [-0.3, -0.25) is 4.98 Å². The first-order valence-electron chi connectivity index (χ1n) is 5.59. The van der Waals surface area contributed by atoms with Crippen LogP contribution in [0.3, 0.4) is 0 Å². The van der Waals surface area contributed by atoms with Crippen LogP contribution in [0.2, 0.25) is 0 Å². The maximum absolute atomic E-state index is 8.62. The van der Waals surface area contributed by atoms with Crippen LogP contribution in [-0.4, -0.2) is 36.0 Å². The van der Waals surface area contributed by atoms with Crippen LogP contribution in [-0.2, 0) is 9.47 Å². The largest absolute Gasteiger partial charge is 0.394 e. The first-order chi connectivity index (χ1) is 8.15. The van der Waals surface area contributed by atoms with E-state index < -0.39 is 0 Å². The Bertz CT molecular complexity index is 335. The number of aliphatic hydroxyl groups is 1. The summed E-state index contributed by atoms with van der Waals surface area (Å²) >= 11 is 3.44. The van der Waals surface area contributed by atoms with Gasteiger partial charge in [-0.15, -0.1) is 0 Å². The third-order valence-electron chi connectivity index (χ3n) is 2.25. The molecule has 0 fully saturated rings. The fourth-order valence-corrected chi connectivity index (χ4v) is 1.94. The number of aromatic nitrogens is 1. The lowest BCUT2D eigenvalue weighted by atomic mass is 10.2. The molecule has 0 bridgehead atoms. The second-order valence-corrected chi connectivity index (χ2v) is 4.61. The van der Waals surface area contributed by atoms with Crippen molar-refractivity contribution in [3.63, 3.8) is 0 Å². The number of nitrogens with zero attached hydrogens (tertiary/aromatic N) is 1. The second-order valence-electron chi connectivity index (χ2n) is 3.75. The fraction of sp³-hybridized carbons (Fsp3) is 0.583. The molecule has 0 unspecified atom stereocenters. The summed E-state index contributed by atoms with van der Waals surface area (Å²) in [6.45, 7) is 4.71. The van der Waals surface area contributed by atoms with Crippen LogP contribution in [0, 0.1) is 0 Å². The lowest BCUT2D eigenvalue weighted by Crippen LogP contribution is -2.19. The monoisotopic (exact) mass is 303 g/mol. The Morgan fingerprint density at radius 2 is 2.18 bits per heavy atom. The molecule has 0 amide bonds. The van der Waals surface area contributed by atoms with Gasteiger partial charge in [0.15, 0.2) is 0 Å². The number of hydrogen-bond acceptors (Lipinski definition) is 4. The van der Waals surface area contributed by atoms with Crippen LogP contribution in [0.4, 0.5) is 0 Å². The van der Waals surface area contributed by atoms with E-state index >= 15 is 0 Å².